The van der Waals surface area contributed by atoms with E-state index in [2.05, 4.69) is 15.4 Å². The quantitative estimate of drug-likeness (QED) is 0.770. The first-order valence-corrected chi connectivity index (χ1v) is 7.80. The van der Waals surface area contributed by atoms with Gasteiger partial charge in [-0.25, -0.2) is 9.50 Å². The first kappa shape index (κ1) is 16.1. The minimum atomic E-state index is -0.215. The lowest BCUT2D eigenvalue weighted by Gasteiger charge is -2.09. The molecule has 2 heterocycles. The number of rotatable bonds is 4. The molecule has 0 aliphatic rings. The van der Waals surface area contributed by atoms with E-state index in [1.54, 1.807) is 11.4 Å². The number of nitrogens with zero attached hydrogens (tertiary/aromatic N) is 3. The topological polar surface area (TPSA) is 79.5 Å². The molecule has 3 aromatic rings. The van der Waals surface area contributed by atoms with Crippen molar-refractivity contribution in [1.29, 1.82) is 0 Å². The second-order valence-electron chi connectivity index (χ2n) is 5.84. The zero-order valence-electron chi connectivity index (χ0n) is 14.0. The van der Waals surface area contributed by atoms with Crippen LogP contribution in [0.1, 0.15) is 38.6 Å². The maximum Gasteiger partial charge on any atom is 0.257 e. The predicted octanol–water partition coefficient (Wildman–Crippen LogP) is 2.08. The van der Waals surface area contributed by atoms with Gasteiger partial charge in [0.15, 0.2) is 5.65 Å². The molecule has 1 aromatic carbocycles. The summed E-state index contributed by atoms with van der Waals surface area (Å²) in [4.78, 5) is 17.1. The molecule has 2 N–H and O–H groups in total. The molecule has 0 radical (unpaired) electrons. The van der Waals surface area contributed by atoms with Gasteiger partial charge in [0.25, 0.3) is 5.91 Å². The van der Waals surface area contributed by atoms with Crippen molar-refractivity contribution >= 4 is 11.6 Å². The zero-order valence-corrected chi connectivity index (χ0v) is 14.0. The second-order valence-corrected chi connectivity index (χ2v) is 5.84. The summed E-state index contributed by atoms with van der Waals surface area (Å²) in [6.07, 6.45) is 0. The summed E-state index contributed by atoms with van der Waals surface area (Å²) in [5.41, 5.74) is 5.18. The van der Waals surface area contributed by atoms with Gasteiger partial charge in [-0.15, -0.1) is 0 Å². The number of aliphatic hydroxyl groups excluding tert-OH is 1. The Morgan fingerprint density at radius 3 is 2.62 bits per heavy atom. The van der Waals surface area contributed by atoms with E-state index in [4.69, 9.17) is 0 Å². The highest BCUT2D eigenvalue weighted by atomic mass is 16.3. The van der Waals surface area contributed by atoms with E-state index in [9.17, 15) is 9.90 Å². The highest BCUT2D eigenvalue weighted by molar-refractivity contribution is 6.01. The fourth-order valence-corrected chi connectivity index (χ4v) is 2.84. The molecule has 2 aromatic heterocycles. The third-order valence-corrected chi connectivity index (χ3v) is 4.03. The lowest BCUT2D eigenvalue weighted by atomic mass is 10.1. The van der Waals surface area contributed by atoms with E-state index in [-0.39, 0.29) is 12.5 Å². The number of fused-ring (bicyclic) bond motifs is 1. The number of aryl methyl sites for hydroxylation is 3. The number of carbonyl (C=O) groups is 1. The molecule has 1 amide bonds. The van der Waals surface area contributed by atoms with Crippen molar-refractivity contribution in [3.8, 4) is 0 Å². The van der Waals surface area contributed by atoms with Crippen LogP contribution in [0.15, 0.2) is 30.3 Å². The van der Waals surface area contributed by atoms with Crippen molar-refractivity contribution in [1.82, 2.24) is 19.9 Å². The third-order valence-electron chi connectivity index (χ3n) is 4.03. The van der Waals surface area contributed by atoms with Crippen molar-refractivity contribution in [3.63, 3.8) is 0 Å². The molecule has 0 aliphatic carbocycles. The van der Waals surface area contributed by atoms with E-state index in [1.807, 2.05) is 44.2 Å². The number of hydrogen-bond donors (Lipinski definition) is 2. The summed E-state index contributed by atoms with van der Waals surface area (Å²) < 4.78 is 1.69. The second kappa shape index (κ2) is 6.41. The van der Waals surface area contributed by atoms with Crippen molar-refractivity contribution in [2.75, 3.05) is 0 Å². The van der Waals surface area contributed by atoms with Crippen LogP contribution in [-0.2, 0) is 13.2 Å². The van der Waals surface area contributed by atoms with Crippen LogP contribution in [0.3, 0.4) is 0 Å². The molecule has 124 valence electrons. The van der Waals surface area contributed by atoms with Gasteiger partial charge in [-0.2, -0.15) is 5.10 Å². The Balaban J connectivity index is 1.90. The first-order valence-electron chi connectivity index (χ1n) is 7.80. The molecule has 0 unspecified atom stereocenters. The molecule has 0 bridgehead atoms. The van der Waals surface area contributed by atoms with Crippen molar-refractivity contribution in [2.24, 2.45) is 0 Å². The Labute approximate surface area is 140 Å². The maximum absolute atomic E-state index is 12.7. The summed E-state index contributed by atoms with van der Waals surface area (Å²) in [5.74, 6) is -0.215. The van der Waals surface area contributed by atoms with E-state index in [0.717, 1.165) is 22.5 Å². The summed E-state index contributed by atoms with van der Waals surface area (Å²) in [7, 11) is 0. The molecule has 24 heavy (non-hydrogen) atoms. The highest BCUT2D eigenvalue weighted by Gasteiger charge is 2.19. The van der Waals surface area contributed by atoms with Crippen LogP contribution in [0, 0.1) is 20.8 Å². The minimum absolute atomic E-state index is 0.0538. The molecular formula is C18H20N4O2. The summed E-state index contributed by atoms with van der Waals surface area (Å²) in [6.45, 7) is 5.93. The monoisotopic (exact) mass is 324 g/mol. The van der Waals surface area contributed by atoms with Gasteiger partial charge in [0.2, 0.25) is 0 Å². The molecule has 0 fully saturated rings. The van der Waals surface area contributed by atoms with Crippen LogP contribution < -0.4 is 5.32 Å². The van der Waals surface area contributed by atoms with E-state index in [0.29, 0.717) is 23.4 Å². The standard InChI is InChI=1S/C18H20N4O2/c1-11-8-12(2)22-17(20-11)16(13(3)21-22)18(24)19-9-14-6-4-5-7-15(14)10-23/h4-8,23H,9-10H2,1-3H3,(H,19,24). The van der Waals surface area contributed by atoms with Crippen LogP contribution >= 0.6 is 0 Å². The van der Waals surface area contributed by atoms with Crippen molar-refractivity contribution in [2.45, 2.75) is 33.9 Å². The Morgan fingerprint density at radius 1 is 1.21 bits per heavy atom. The number of aromatic nitrogens is 3. The number of hydrogen-bond acceptors (Lipinski definition) is 4. The van der Waals surface area contributed by atoms with Gasteiger partial charge in [-0.1, -0.05) is 24.3 Å². The minimum Gasteiger partial charge on any atom is -0.392 e. The molecule has 6 heteroatoms. The fraction of sp³-hybridized carbons (Fsp3) is 0.278. The molecule has 0 aliphatic heterocycles. The Hall–Kier alpha value is -2.73. The van der Waals surface area contributed by atoms with E-state index in [1.165, 1.54) is 0 Å². The normalized spacial score (nSPS) is 11.0. The molecular weight excluding hydrogens is 304 g/mol. The first-order chi connectivity index (χ1) is 11.5. The van der Waals surface area contributed by atoms with Gasteiger partial charge >= 0.3 is 0 Å². The number of benzene rings is 1. The van der Waals surface area contributed by atoms with Gasteiger partial charge in [0.05, 0.1) is 12.3 Å². The largest absolute Gasteiger partial charge is 0.392 e. The summed E-state index contributed by atoms with van der Waals surface area (Å²) in [6, 6.07) is 9.41. The van der Waals surface area contributed by atoms with Gasteiger partial charge in [0.1, 0.15) is 5.56 Å². The Kier molecular flexibility index (Phi) is 4.31. The van der Waals surface area contributed by atoms with Crippen LogP contribution in [0.5, 0.6) is 0 Å². The van der Waals surface area contributed by atoms with Crippen molar-refractivity contribution < 1.29 is 9.90 Å². The predicted molar refractivity (Wildman–Crippen MR) is 90.7 cm³/mol. The summed E-state index contributed by atoms with van der Waals surface area (Å²) in [5, 5.41) is 16.7. The van der Waals surface area contributed by atoms with Crippen molar-refractivity contribution in [3.05, 3.63) is 64.1 Å². The van der Waals surface area contributed by atoms with Crippen LogP contribution in [-0.4, -0.2) is 25.6 Å². The third kappa shape index (κ3) is 2.88. The van der Waals surface area contributed by atoms with E-state index < -0.39 is 0 Å². The molecule has 6 nitrogen and oxygen atoms in total. The SMILES string of the molecule is Cc1cc(C)n2nc(C)c(C(=O)NCc3ccccc3CO)c2n1. The van der Waals surface area contributed by atoms with Crippen LogP contribution in [0.4, 0.5) is 0 Å². The summed E-state index contributed by atoms with van der Waals surface area (Å²) >= 11 is 0. The highest BCUT2D eigenvalue weighted by Crippen LogP contribution is 2.16. The van der Waals surface area contributed by atoms with Crippen LogP contribution in [0.25, 0.3) is 5.65 Å². The van der Waals surface area contributed by atoms with Gasteiger partial charge in [-0.05, 0) is 38.0 Å². The average molecular weight is 324 g/mol. The fourth-order valence-electron chi connectivity index (χ4n) is 2.84. The average Bonchev–Trinajstić information content (AvgIpc) is 2.89. The van der Waals surface area contributed by atoms with Gasteiger partial charge < -0.3 is 10.4 Å². The smallest absolute Gasteiger partial charge is 0.257 e. The number of aliphatic hydroxyl groups is 1. The number of nitrogens with one attached hydrogen (secondary N) is 1. The van der Waals surface area contributed by atoms with Crippen LogP contribution in [0.2, 0.25) is 0 Å². The Morgan fingerprint density at radius 2 is 1.92 bits per heavy atom. The molecule has 0 saturated heterocycles. The molecule has 0 spiro atoms. The maximum atomic E-state index is 12.7. The number of amides is 1. The molecule has 0 atom stereocenters. The zero-order chi connectivity index (χ0) is 17.3. The van der Waals surface area contributed by atoms with E-state index >= 15 is 0 Å². The molecule has 3 rings (SSSR count). The number of carbonyl (C=O) groups excluding carboxylic acids is 1. The molecule has 0 saturated carbocycles. The Bertz CT molecular complexity index is 915. The van der Waals surface area contributed by atoms with Gasteiger partial charge in [-0.3, -0.25) is 4.79 Å². The lowest BCUT2D eigenvalue weighted by molar-refractivity contribution is 0.0951. The van der Waals surface area contributed by atoms with Gasteiger partial charge in [0, 0.05) is 17.9 Å². The lowest BCUT2D eigenvalue weighted by Crippen LogP contribution is -2.24.